The number of rotatable bonds is 18. The number of allylic oxidation sites excluding steroid dienone is 1. The van der Waals surface area contributed by atoms with Gasteiger partial charge in [0.25, 0.3) is 0 Å². The molecule has 44 heavy (non-hydrogen) atoms. The number of carbonyl (C=O) groups is 1. The van der Waals surface area contributed by atoms with Crippen molar-refractivity contribution in [3.05, 3.63) is 11.6 Å². The predicted molar refractivity (Wildman–Crippen MR) is 175 cm³/mol. The van der Waals surface area contributed by atoms with E-state index >= 15 is 0 Å². The Kier molecular flexibility index (Phi) is 13.9. The van der Waals surface area contributed by atoms with E-state index in [-0.39, 0.29) is 24.2 Å². The van der Waals surface area contributed by atoms with Gasteiger partial charge in [-0.3, -0.25) is 0 Å². The summed E-state index contributed by atoms with van der Waals surface area (Å²) in [4.78, 5) is 12.6. The van der Waals surface area contributed by atoms with Crippen molar-refractivity contribution in [2.45, 2.75) is 118 Å². The molecule has 0 aliphatic heterocycles. The van der Waals surface area contributed by atoms with Crippen molar-refractivity contribution < 1.29 is 28.8 Å². The highest BCUT2D eigenvalue weighted by molar-refractivity contribution is 5.67. The van der Waals surface area contributed by atoms with E-state index in [9.17, 15) is 4.79 Å². The minimum Gasteiger partial charge on any atom is -0.446 e. The summed E-state index contributed by atoms with van der Waals surface area (Å²) in [6.07, 6.45) is 17.1. The summed E-state index contributed by atoms with van der Waals surface area (Å²) in [5.74, 6) is 5.07. The molecule has 0 radical (unpaired) electrons. The highest BCUT2D eigenvalue weighted by atomic mass is 16.6. The van der Waals surface area contributed by atoms with Gasteiger partial charge in [-0.1, -0.05) is 65.5 Å². The van der Waals surface area contributed by atoms with Gasteiger partial charge in [-0.2, -0.15) is 0 Å². The number of aliphatic hydroxyl groups is 1. The lowest BCUT2D eigenvalue weighted by molar-refractivity contribution is -0.0581. The van der Waals surface area contributed by atoms with E-state index in [2.05, 4.69) is 46.0 Å². The summed E-state index contributed by atoms with van der Waals surface area (Å²) in [5.41, 5.74) is 2.36. The van der Waals surface area contributed by atoms with Crippen molar-refractivity contribution in [3.63, 3.8) is 0 Å². The molecule has 1 amide bonds. The molecule has 2 N–H and O–H groups in total. The van der Waals surface area contributed by atoms with Crippen molar-refractivity contribution in [1.29, 1.82) is 0 Å². The molecule has 7 nitrogen and oxygen atoms in total. The Hall–Kier alpha value is -1.15. The third-order valence-electron chi connectivity index (χ3n) is 12.2. The van der Waals surface area contributed by atoms with Gasteiger partial charge in [0.05, 0.1) is 39.6 Å². The highest BCUT2D eigenvalue weighted by Crippen LogP contribution is 2.67. The van der Waals surface area contributed by atoms with Gasteiger partial charge in [0.2, 0.25) is 0 Å². The van der Waals surface area contributed by atoms with Crippen molar-refractivity contribution in [2.75, 3.05) is 52.8 Å². The fourth-order valence-corrected chi connectivity index (χ4v) is 9.92. The van der Waals surface area contributed by atoms with Crippen molar-refractivity contribution in [1.82, 2.24) is 5.32 Å². The highest BCUT2D eigenvalue weighted by Gasteiger charge is 2.59. The number of amides is 1. The quantitative estimate of drug-likeness (QED) is 0.122. The average molecular weight is 620 g/mol. The molecule has 3 fully saturated rings. The monoisotopic (exact) mass is 619 g/mol. The summed E-state index contributed by atoms with van der Waals surface area (Å²) in [6, 6.07) is 0. The molecule has 4 rings (SSSR count). The van der Waals surface area contributed by atoms with Gasteiger partial charge in [-0.05, 0) is 97.7 Å². The van der Waals surface area contributed by atoms with E-state index in [0.717, 1.165) is 61.2 Å². The van der Waals surface area contributed by atoms with Gasteiger partial charge in [0.15, 0.2) is 0 Å². The molecular weight excluding hydrogens is 554 g/mol. The molecule has 8 atom stereocenters. The Morgan fingerprint density at radius 3 is 2.36 bits per heavy atom. The van der Waals surface area contributed by atoms with Crippen LogP contribution in [0.2, 0.25) is 0 Å². The van der Waals surface area contributed by atoms with Crippen LogP contribution < -0.4 is 5.32 Å². The second kappa shape index (κ2) is 17.1. The average Bonchev–Trinajstić information content (AvgIpc) is 3.35. The van der Waals surface area contributed by atoms with Crippen LogP contribution in [0.3, 0.4) is 0 Å². The lowest BCUT2D eigenvalue weighted by Crippen LogP contribution is -2.51. The summed E-state index contributed by atoms with van der Waals surface area (Å²) in [5, 5.41) is 11.6. The van der Waals surface area contributed by atoms with Crippen LogP contribution in [-0.4, -0.2) is 70.1 Å². The minimum absolute atomic E-state index is 0.0166. The largest absolute Gasteiger partial charge is 0.446 e. The van der Waals surface area contributed by atoms with Gasteiger partial charge >= 0.3 is 6.09 Å². The number of fused-ring (bicyclic) bond motifs is 5. The number of nitrogens with one attached hydrogen (secondary N) is 1. The van der Waals surface area contributed by atoms with E-state index < -0.39 is 0 Å². The van der Waals surface area contributed by atoms with E-state index in [4.69, 9.17) is 24.1 Å². The third-order valence-corrected chi connectivity index (χ3v) is 12.2. The Balaban J connectivity index is 1.17. The third kappa shape index (κ3) is 9.01. The molecule has 0 bridgehead atoms. The molecule has 0 heterocycles. The Morgan fingerprint density at radius 1 is 0.909 bits per heavy atom. The number of hydrogen-bond donors (Lipinski definition) is 2. The second-order valence-electron chi connectivity index (χ2n) is 15.4. The lowest BCUT2D eigenvalue weighted by Gasteiger charge is -2.58. The van der Waals surface area contributed by atoms with Gasteiger partial charge in [0, 0.05) is 19.6 Å². The normalized spacial score (nSPS) is 33.7. The lowest BCUT2D eigenvalue weighted by atomic mass is 9.47. The fraction of sp³-hybridized carbons (Fsp3) is 0.919. The summed E-state index contributed by atoms with van der Waals surface area (Å²) < 4.78 is 22.0. The zero-order valence-electron chi connectivity index (χ0n) is 28.7. The van der Waals surface area contributed by atoms with Gasteiger partial charge < -0.3 is 29.4 Å². The van der Waals surface area contributed by atoms with Crippen molar-refractivity contribution >= 4 is 6.09 Å². The van der Waals surface area contributed by atoms with E-state index in [1.165, 1.54) is 51.4 Å². The summed E-state index contributed by atoms with van der Waals surface area (Å²) >= 11 is 0. The van der Waals surface area contributed by atoms with Crippen LogP contribution in [-0.2, 0) is 18.9 Å². The van der Waals surface area contributed by atoms with E-state index in [1.54, 1.807) is 5.57 Å². The standard InChI is InChI=1S/C37H65NO6/c1-27(2)8-6-9-28(3)32-12-13-33-31-11-10-29-26-30(14-16-36(29,4)34(31)15-17-37(32,33)5)44-35(40)38-18-7-20-41-22-24-43-25-23-42-21-19-39/h10,27-28,30-34,39H,6-9,11-26H2,1-5H3,(H,38,40)/t28-,30+,31+,32-,33+,34+,36+,37-/m1/s1. The van der Waals surface area contributed by atoms with Crippen LogP contribution in [0, 0.1) is 46.3 Å². The Bertz CT molecular complexity index is 908. The van der Waals surface area contributed by atoms with Gasteiger partial charge in [-0.25, -0.2) is 4.79 Å². The van der Waals surface area contributed by atoms with Crippen LogP contribution in [0.25, 0.3) is 0 Å². The molecule has 0 saturated heterocycles. The maximum absolute atomic E-state index is 12.6. The molecule has 0 aromatic rings. The fourth-order valence-electron chi connectivity index (χ4n) is 9.92. The van der Waals surface area contributed by atoms with Crippen LogP contribution >= 0.6 is 0 Å². The first-order valence-corrected chi connectivity index (χ1v) is 18.2. The van der Waals surface area contributed by atoms with Crippen LogP contribution in [0.5, 0.6) is 0 Å². The topological polar surface area (TPSA) is 86.3 Å². The molecule has 0 spiro atoms. The number of hydrogen-bond acceptors (Lipinski definition) is 6. The van der Waals surface area contributed by atoms with E-state index in [1.807, 2.05) is 0 Å². The zero-order chi connectivity index (χ0) is 31.6. The second-order valence-corrected chi connectivity index (χ2v) is 15.4. The van der Waals surface area contributed by atoms with Crippen LogP contribution in [0.1, 0.15) is 112 Å². The molecule has 4 aliphatic rings. The number of aliphatic hydroxyl groups excluding tert-OH is 1. The molecule has 0 unspecified atom stereocenters. The number of carbonyl (C=O) groups excluding carboxylic acids is 1. The maximum atomic E-state index is 12.6. The molecular formula is C37H65NO6. The molecule has 7 heteroatoms. The molecule has 0 aromatic heterocycles. The van der Waals surface area contributed by atoms with Gasteiger partial charge in [0.1, 0.15) is 6.10 Å². The number of alkyl carbamates (subject to hydrolysis) is 1. The predicted octanol–water partition coefficient (Wildman–Crippen LogP) is 7.55. The first-order chi connectivity index (χ1) is 21.2. The summed E-state index contributed by atoms with van der Waals surface area (Å²) in [6.45, 7) is 16.0. The zero-order valence-corrected chi connectivity index (χ0v) is 28.7. The Labute approximate surface area is 268 Å². The maximum Gasteiger partial charge on any atom is 0.407 e. The van der Waals surface area contributed by atoms with Crippen LogP contribution in [0.4, 0.5) is 4.79 Å². The first-order valence-electron chi connectivity index (χ1n) is 18.2. The molecule has 4 aliphatic carbocycles. The van der Waals surface area contributed by atoms with E-state index in [0.29, 0.717) is 51.6 Å². The smallest absolute Gasteiger partial charge is 0.407 e. The molecule has 0 aromatic carbocycles. The Morgan fingerprint density at radius 2 is 1.64 bits per heavy atom. The first kappa shape index (κ1) is 35.7. The van der Waals surface area contributed by atoms with Gasteiger partial charge in [-0.15, -0.1) is 0 Å². The summed E-state index contributed by atoms with van der Waals surface area (Å²) in [7, 11) is 0. The van der Waals surface area contributed by atoms with Crippen molar-refractivity contribution in [3.8, 4) is 0 Å². The van der Waals surface area contributed by atoms with Crippen LogP contribution in [0.15, 0.2) is 11.6 Å². The molecule has 3 saturated carbocycles. The molecule has 254 valence electrons. The SMILES string of the molecule is CC(C)CCC[C@@H](C)[C@H]1CC[C@H]2[C@@H]3CC=C4C[C@@H](OC(=O)NCCCOCCOCCOCCO)CC[C@]4(C)[C@H]3CC[C@]12C. The van der Waals surface area contributed by atoms with Crippen molar-refractivity contribution in [2.24, 2.45) is 46.3 Å². The minimum atomic E-state index is -0.299. The number of ether oxygens (including phenoxy) is 4.